The first-order chi connectivity index (χ1) is 25.6. The monoisotopic (exact) mass is 723 g/mol. The van der Waals surface area contributed by atoms with Crippen molar-refractivity contribution < 1.29 is 33.4 Å². The van der Waals surface area contributed by atoms with Crippen molar-refractivity contribution in [2.75, 3.05) is 27.3 Å². The number of aromatic amines is 1. The SMILES string of the molecule is COC(=O)NC(C)C(=O)N1CCCC1C(=O)NCc1ccc(-c2ccc3cc(-c4cnc(C5CCCN5C(=O)C(C)NC(=O)OC)[nH]4)ccc3c2)cc1. The number of imidazole rings is 1. The van der Waals surface area contributed by atoms with Crippen LogP contribution in [0.2, 0.25) is 0 Å². The van der Waals surface area contributed by atoms with Gasteiger partial charge in [-0.1, -0.05) is 48.5 Å². The molecule has 4 unspecified atom stereocenters. The van der Waals surface area contributed by atoms with Crippen LogP contribution in [0.1, 0.15) is 57.0 Å². The van der Waals surface area contributed by atoms with Crippen LogP contribution >= 0.6 is 0 Å². The van der Waals surface area contributed by atoms with Crippen molar-refractivity contribution in [3.8, 4) is 22.4 Å². The normalized spacial score (nSPS) is 18.0. The molecule has 3 aromatic carbocycles. The molecule has 5 amide bonds. The highest BCUT2D eigenvalue weighted by Gasteiger charge is 2.37. The molecular weight excluding hydrogens is 678 g/mol. The summed E-state index contributed by atoms with van der Waals surface area (Å²) >= 11 is 0. The fourth-order valence-electron chi connectivity index (χ4n) is 7.08. The lowest BCUT2D eigenvalue weighted by Gasteiger charge is -2.27. The van der Waals surface area contributed by atoms with Crippen molar-refractivity contribution in [1.82, 2.24) is 35.7 Å². The zero-order valence-electron chi connectivity index (χ0n) is 30.3. The summed E-state index contributed by atoms with van der Waals surface area (Å²) in [6.45, 7) is 4.59. The number of aromatic nitrogens is 2. The first kappa shape index (κ1) is 36.9. The zero-order chi connectivity index (χ0) is 37.6. The molecule has 4 N–H and O–H groups in total. The van der Waals surface area contributed by atoms with Gasteiger partial charge >= 0.3 is 12.2 Å². The molecule has 53 heavy (non-hydrogen) atoms. The summed E-state index contributed by atoms with van der Waals surface area (Å²) < 4.78 is 9.23. The Bertz CT molecular complexity index is 2000. The van der Waals surface area contributed by atoms with Gasteiger partial charge in [-0.3, -0.25) is 14.4 Å². The molecule has 0 spiro atoms. The predicted molar refractivity (Wildman–Crippen MR) is 197 cm³/mol. The van der Waals surface area contributed by atoms with E-state index in [1.165, 1.54) is 19.1 Å². The first-order valence-corrected chi connectivity index (χ1v) is 17.8. The average Bonchev–Trinajstić information content (AvgIpc) is 3.97. The molecule has 14 nitrogen and oxygen atoms in total. The van der Waals surface area contributed by atoms with E-state index in [4.69, 9.17) is 0 Å². The highest BCUT2D eigenvalue weighted by atomic mass is 16.5. The summed E-state index contributed by atoms with van der Waals surface area (Å²) in [6.07, 6.45) is 3.35. The number of hydrogen-bond donors (Lipinski definition) is 4. The van der Waals surface area contributed by atoms with Crippen LogP contribution in [0.25, 0.3) is 33.2 Å². The summed E-state index contributed by atoms with van der Waals surface area (Å²) in [5, 5.41) is 10.1. The number of alkyl carbamates (subject to hydrolysis) is 2. The maximum Gasteiger partial charge on any atom is 0.407 e. The number of methoxy groups -OCH3 is 2. The summed E-state index contributed by atoms with van der Waals surface area (Å²) in [5.41, 5.74) is 4.85. The van der Waals surface area contributed by atoms with E-state index in [0.29, 0.717) is 38.3 Å². The van der Waals surface area contributed by atoms with Crippen LogP contribution in [-0.4, -0.2) is 95.1 Å². The van der Waals surface area contributed by atoms with E-state index in [-0.39, 0.29) is 23.8 Å². The molecule has 0 aliphatic carbocycles. The molecule has 4 atom stereocenters. The smallest absolute Gasteiger partial charge is 0.407 e. The minimum Gasteiger partial charge on any atom is -0.453 e. The second-order valence-electron chi connectivity index (χ2n) is 13.5. The zero-order valence-corrected chi connectivity index (χ0v) is 30.3. The van der Waals surface area contributed by atoms with Gasteiger partial charge in [-0.05, 0) is 79.1 Å². The Labute approximate surface area is 307 Å². The van der Waals surface area contributed by atoms with Gasteiger partial charge in [-0.15, -0.1) is 0 Å². The van der Waals surface area contributed by atoms with Crippen LogP contribution in [0.15, 0.2) is 66.9 Å². The summed E-state index contributed by atoms with van der Waals surface area (Å²) in [6, 6.07) is 18.2. The third-order valence-electron chi connectivity index (χ3n) is 9.97. The van der Waals surface area contributed by atoms with Crippen LogP contribution in [0.5, 0.6) is 0 Å². The molecule has 2 saturated heterocycles. The highest BCUT2D eigenvalue weighted by molar-refractivity contribution is 5.92. The van der Waals surface area contributed by atoms with Crippen molar-refractivity contribution in [3.63, 3.8) is 0 Å². The second-order valence-corrected chi connectivity index (χ2v) is 13.5. The van der Waals surface area contributed by atoms with E-state index >= 15 is 0 Å². The molecular formula is C39H45N7O7. The van der Waals surface area contributed by atoms with Gasteiger partial charge in [-0.25, -0.2) is 14.6 Å². The Hall–Kier alpha value is -5.92. The Morgan fingerprint density at radius 2 is 1.34 bits per heavy atom. The summed E-state index contributed by atoms with van der Waals surface area (Å²) in [4.78, 5) is 73.6. The molecule has 4 aromatic rings. The van der Waals surface area contributed by atoms with Crippen molar-refractivity contribution in [2.45, 2.75) is 70.2 Å². The quantitative estimate of drug-likeness (QED) is 0.183. The Morgan fingerprint density at radius 3 is 2.00 bits per heavy atom. The number of carbonyl (C=O) groups excluding carboxylic acids is 5. The van der Waals surface area contributed by atoms with Crippen molar-refractivity contribution in [1.29, 1.82) is 0 Å². The lowest BCUT2D eigenvalue weighted by molar-refractivity contribution is -0.139. The first-order valence-electron chi connectivity index (χ1n) is 17.8. The Morgan fingerprint density at radius 1 is 0.774 bits per heavy atom. The Kier molecular flexibility index (Phi) is 11.3. The van der Waals surface area contributed by atoms with Crippen molar-refractivity contribution in [3.05, 3.63) is 78.2 Å². The molecule has 6 rings (SSSR count). The minimum atomic E-state index is -0.798. The van der Waals surface area contributed by atoms with Crippen LogP contribution < -0.4 is 16.0 Å². The van der Waals surface area contributed by atoms with E-state index in [2.05, 4.69) is 65.7 Å². The van der Waals surface area contributed by atoms with E-state index < -0.39 is 30.3 Å². The molecule has 3 heterocycles. The lowest BCUT2D eigenvalue weighted by atomic mass is 9.98. The van der Waals surface area contributed by atoms with E-state index in [1.54, 1.807) is 24.9 Å². The van der Waals surface area contributed by atoms with E-state index in [1.807, 2.05) is 30.3 Å². The molecule has 0 saturated carbocycles. The van der Waals surface area contributed by atoms with Gasteiger partial charge in [0.2, 0.25) is 17.7 Å². The standard InChI is InChI=1S/C39H45N7O7/c1-23(42-38(50)52-3)36(48)45-17-5-7-32(45)34-40-22-31(44-34)30-16-15-28-19-27(13-14-29(28)20-30)26-11-9-25(10-12-26)21-41-35(47)33-8-6-18-46(33)37(49)24(2)43-39(51)53-4/h9-16,19-20,22-24,32-33H,5-8,17-18,21H2,1-4H3,(H,40,44)(H,41,47)(H,42,50)(H,43,51). The number of benzene rings is 3. The van der Waals surface area contributed by atoms with Gasteiger partial charge in [0.25, 0.3) is 0 Å². The topological polar surface area (TPSA) is 175 Å². The Balaban J connectivity index is 1.06. The number of carbonyl (C=O) groups is 5. The molecule has 278 valence electrons. The number of fused-ring (bicyclic) bond motifs is 1. The van der Waals surface area contributed by atoms with Gasteiger partial charge in [0.05, 0.1) is 32.2 Å². The van der Waals surface area contributed by atoms with Gasteiger partial charge in [0.15, 0.2) is 0 Å². The highest BCUT2D eigenvalue weighted by Crippen LogP contribution is 2.33. The van der Waals surface area contributed by atoms with Crippen LogP contribution in [0, 0.1) is 0 Å². The number of H-pyrrole nitrogens is 1. The second kappa shape index (κ2) is 16.2. The van der Waals surface area contributed by atoms with Gasteiger partial charge < -0.3 is 40.2 Å². The number of nitrogens with one attached hydrogen (secondary N) is 4. The number of rotatable bonds is 10. The maximum absolute atomic E-state index is 13.1. The van der Waals surface area contributed by atoms with Gasteiger partial charge in [-0.2, -0.15) is 0 Å². The fourth-order valence-corrected chi connectivity index (χ4v) is 7.08. The van der Waals surface area contributed by atoms with E-state index in [9.17, 15) is 24.0 Å². The number of likely N-dealkylation sites (tertiary alicyclic amines) is 2. The van der Waals surface area contributed by atoms with Gasteiger partial charge in [0.1, 0.15) is 23.9 Å². The maximum atomic E-state index is 13.1. The minimum absolute atomic E-state index is 0.178. The van der Waals surface area contributed by atoms with Crippen LogP contribution in [0.4, 0.5) is 9.59 Å². The van der Waals surface area contributed by atoms with Crippen LogP contribution in [0.3, 0.4) is 0 Å². The molecule has 1 aromatic heterocycles. The number of nitrogens with zero attached hydrogens (tertiary/aromatic N) is 3. The predicted octanol–water partition coefficient (Wildman–Crippen LogP) is 4.66. The van der Waals surface area contributed by atoms with Crippen LogP contribution in [-0.2, 0) is 30.4 Å². The average molecular weight is 724 g/mol. The lowest BCUT2D eigenvalue weighted by Crippen LogP contribution is -2.52. The number of ether oxygens (including phenoxy) is 2. The molecule has 2 fully saturated rings. The molecule has 2 aliphatic rings. The van der Waals surface area contributed by atoms with Crippen molar-refractivity contribution in [2.24, 2.45) is 0 Å². The number of amides is 5. The molecule has 14 heteroatoms. The molecule has 0 bridgehead atoms. The third kappa shape index (κ3) is 8.27. The van der Waals surface area contributed by atoms with Crippen molar-refractivity contribution >= 4 is 40.7 Å². The fraction of sp³-hybridized carbons (Fsp3) is 0.385. The third-order valence-corrected chi connectivity index (χ3v) is 9.97. The number of hydrogen-bond acceptors (Lipinski definition) is 8. The molecule has 0 radical (unpaired) electrons. The van der Waals surface area contributed by atoms with E-state index in [0.717, 1.165) is 51.6 Å². The summed E-state index contributed by atoms with van der Waals surface area (Å²) in [5.74, 6) is -0.00345. The van der Waals surface area contributed by atoms with Gasteiger partial charge in [0, 0.05) is 25.2 Å². The largest absolute Gasteiger partial charge is 0.453 e. The summed E-state index contributed by atoms with van der Waals surface area (Å²) in [7, 11) is 2.50. The molecule has 2 aliphatic heterocycles.